The van der Waals surface area contributed by atoms with Crippen molar-refractivity contribution in [2.75, 3.05) is 12.4 Å². The molecule has 4 nitrogen and oxygen atoms in total. The summed E-state index contributed by atoms with van der Waals surface area (Å²) in [5.74, 6) is 0.937. The normalized spacial score (nSPS) is 10.3. The number of nitrogens with zero attached hydrogens (tertiary/aromatic N) is 1. The van der Waals surface area contributed by atoms with E-state index in [2.05, 4.69) is 10.3 Å². The van der Waals surface area contributed by atoms with Crippen LogP contribution in [0.2, 0.25) is 5.15 Å². The van der Waals surface area contributed by atoms with Crippen LogP contribution in [0.5, 0.6) is 11.5 Å². The Kier molecular flexibility index (Phi) is 4.12. The summed E-state index contributed by atoms with van der Waals surface area (Å²) < 4.78 is 5.13. The second-order valence-corrected chi connectivity index (χ2v) is 4.54. The molecule has 0 aliphatic rings. The molecule has 100 valence electrons. The van der Waals surface area contributed by atoms with E-state index in [0.29, 0.717) is 17.4 Å². The van der Waals surface area contributed by atoms with Gasteiger partial charge in [-0.05, 0) is 36.8 Å². The highest BCUT2D eigenvalue weighted by atomic mass is 35.5. The van der Waals surface area contributed by atoms with Crippen molar-refractivity contribution in [1.29, 1.82) is 0 Å². The molecule has 0 saturated heterocycles. The topological polar surface area (TPSA) is 54.4 Å². The maximum Gasteiger partial charge on any atom is 0.132 e. The van der Waals surface area contributed by atoms with Crippen LogP contribution in [0.4, 0.5) is 5.69 Å². The number of aryl methyl sites for hydroxylation is 1. The lowest BCUT2D eigenvalue weighted by Crippen LogP contribution is -2.01. The molecule has 0 bridgehead atoms. The van der Waals surface area contributed by atoms with Crippen molar-refractivity contribution in [3.63, 3.8) is 0 Å². The molecule has 0 radical (unpaired) electrons. The fourth-order valence-corrected chi connectivity index (χ4v) is 1.79. The van der Waals surface area contributed by atoms with Gasteiger partial charge in [-0.1, -0.05) is 11.6 Å². The third kappa shape index (κ3) is 3.29. The SMILES string of the molecule is COc1ccc(O)c(CNc2cnc(Cl)c(C)c2)c1. The second-order valence-electron chi connectivity index (χ2n) is 4.18. The van der Waals surface area contributed by atoms with E-state index in [4.69, 9.17) is 16.3 Å². The predicted octanol–water partition coefficient (Wildman–Crippen LogP) is 3.37. The Morgan fingerprint density at radius 1 is 1.37 bits per heavy atom. The van der Waals surface area contributed by atoms with E-state index >= 15 is 0 Å². The Morgan fingerprint density at radius 2 is 2.16 bits per heavy atom. The lowest BCUT2D eigenvalue weighted by molar-refractivity contribution is 0.411. The van der Waals surface area contributed by atoms with Gasteiger partial charge in [0.15, 0.2) is 0 Å². The summed E-state index contributed by atoms with van der Waals surface area (Å²) in [5, 5.41) is 13.5. The molecule has 0 saturated carbocycles. The van der Waals surface area contributed by atoms with Crippen LogP contribution in [-0.2, 0) is 6.54 Å². The summed E-state index contributed by atoms with van der Waals surface area (Å²) in [5.41, 5.74) is 2.51. The van der Waals surface area contributed by atoms with Crippen LogP contribution in [-0.4, -0.2) is 17.2 Å². The van der Waals surface area contributed by atoms with Crippen molar-refractivity contribution in [2.24, 2.45) is 0 Å². The molecule has 1 heterocycles. The molecule has 2 N–H and O–H groups in total. The Labute approximate surface area is 117 Å². The minimum Gasteiger partial charge on any atom is -0.508 e. The summed E-state index contributed by atoms with van der Waals surface area (Å²) in [6, 6.07) is 7.03. The van der Waals surface area contributed by atoms with E-state index < -0.39 is 0 Å². The predicted molar refractivity (Wildman–Crippen MR) is 76.0 cm³/mol. The molecule has 0 fully saturated rings. The van der Waals surface area contributed by atoms with Crippen molar-refractivity contribution >= 4 is 17.3 Å². The van der Waals surface area contributed by atoms with E-state index in [0.717, 1.165) is 16.8 Å². The van der Waals surface area contributed by atoms with Crippen LogP contribution in [0, 0.1) is 6.92 Å². The van der Waals surface area contributed by atoms with Gasteiger partial charge in [-0.15, -0.1) is 0 Å². The first-order valence-electron chi connectivity index (χ1n) is 5.82. The molecular weight excluding hydrogens is 264 g/mol. The van der Waals surface area contributed by atoms with E-state index in [-0.39, 0.29) is 5.75 Å². The molecule has 1 aromatic heterocycles. The molecule has 0 aliphatic carbocycles. The highest BCUT2D eigenvalue weighted by Gasteiger charge is 2.04. The number of anilines is 1. The highest BCUT2D eigenvalue weighted by Crippen LogP contribution is 2.24. The Bertz CT molecular complexity index is 588. The molecule has 2 rings (SSSR count). The number of hydrogen-bond donors (Lipinski definition) is 2. The summed E-state index contributed by atoms with van der Waals surface area (Å²) >= 11 is 5.87. The van der Waals surface area contributed by atoms with Gasteiger partial charge in [0.1, 0.15) is 16.7 Å². The average molecular weight is 279 g/mol. The van der Waals surface area contributed by atoms with Gasteiger partial charge >= 0.3 is 0 Å². The fourth-order valence-electron chi connectivity index (χ4n) is 1.68. The Hall–Kier alpha value is -1.94. The summed E-state index contributed by atoms with van der Waals surface area (Å²) in [4.78, 5) is 4.06. The summed E-state index contributed by atoms with van der Waals surface area (Å²) in [6.07, 6.45) is 1.66. The van der Waals surface area contributed by atoms with Crippen LogP contribution < -0.4 is 10.1 Å². The average Bonchev–Trinajstić information content (AvgIpc) is 2.41. The number of halogens is 1. The maximum atomic E-state index is 9.77. The van der Waals surface area contributed by atoms with Crippen molar-refractivity contribution in [3.8, 4) is 11.5 Å². The molecule has 2 aromatic rings. The standard InChI is InChI=1S/C14H15ClN2O2/c1-9-5-11(8-17-14(9)15)16-7-10-6-12(19-2)3-4-13(10)18/h3-6,8,16,18H,7H2,1-2H3. The molecule has 0 atom stereocenters. The number of methoxy groups -OCH3 is 1. The number of phenolic OH excluding ortho intramolecular Hbond substituents is 1. The number of hydrogen-bond acceptors (Lipinski definition) is 4. The van der Waals surface area contributed by atoms with Gasteiger partial charge in [-0.3, -0.25) is 0 Å². The molecule has 0 amide bonds. The van der Waals surface area contributed by atoms with Crippen molar-refractivity contribution in [1.82, 2.24) is 4.98 Å². The van der Waals surface area contributed by atoms with Crippen LogP contribution in [0.3, 0.4) is 0 Å². The Balaban J connectivity index is 2.11. The first kappa shape index (κ1) is 13.5. The van der Waals surface area contributed by atoms with E-state index in [9.17, 15) is 5.11 Å². The summed E-state index contributed by atoms with van der Waals surface area (Å²) in [6.45, 7) is 2.37. The van der Waals surface area contributed by atoms with E-state index in [1.54, 1.807) is 31.5 Å². The van der Waals surface area contributed by atoms with Crippen LogP contribution in [0.25, 0.3) is 0 Å². The number of pyridine rings is 1. The monoisotopic (exact) mass is 278 g/mol. The zero-order chi connectivity index (χ0) is 13.8. The van der Waals surface area contributed by atoms with Crippen molar-refractivity contribution in [2.45, 2.75) is 13.5 Å². The number of rotatable bonds is 4. The summed E-state index contributed by atoms with van der Waals surface area (Å²) in [7, 11) is 1.59. The lowest BCUT2D eigenvalue weighted by Gasteiger charge is -2.10. The number of nitrogens with one attached hydrogen (secondary N) is 1. The highest BCUT2D eigenvalue weighted by molar-refractivity contribution is 6.30. The van der Waals surface area contributed by atoms with Gasteiger partial charge < -0.3 is 15.2 Å². The van der Waals surface area contributed by atoms with Crippen molar-refractivity contribution in [3.05, 3.63) is 46.7 Å². The van der Waals surface area contributed by atoms with Gasteiger partial charge in [0, 0.05) is 12.1 Å². The Morgan fingerprint density at radius 3 is 2.84 bits per heavy atom. The molecule has 0 aliphatic heterocycles. The number of aromatic hydroxyl groups is 1. The molecular formula is C14H15ClN2O2. The maximum absolute atomic E-state index is 9.77. The molecule has 1 aromatic carbocycles. The molecule has 0 unspecified atom stereocenters. The molecule has 19 heavy (non-hydrogen) atoms. The third-order valence-corrected chi connectivity index (χ3v) is 3.18. The zero-order valence-corrected chi connectivity index (χ0v) is 11.5. The number of benzene rings is 1. The molecule has 0 spiro atoms. The van der Waals surface area contributed by atoms with E-state index in [1.807, 2.05) is 13.0 Å². The van der Waals surface area contributed by atoms with Gasteiger partial charge in [-0.25, -0.2) is 4.98 Å². The number of ether oxygens (including phenoxy) is 1. The number of aromatic nitrogens is 1. The van der Waals surface area contributed by atoms with Crippen LogP contribution in [0.1, 0.15) is 11.1 Å². The first-order valence-corrected chi connectivity index (χ1v) is 6.20. The first-order chi connectivity index (χ1) is 9.10. The second kappa shape index (κ2) is 5.80. The minimum atomic E-state index is 0.229. The van der Waals surface area contributed by atoms with Gasteiger partial charge in [0.25, 0.3) is 0 Å². The minimum absolute atomic E-state index is 0.229. The zero-order valence-electron chi connectivity index (χ0n) is 10.8. The fraction of sp³-hybridized carbons (Fsp3) is 0.214. The number of phenols is 1. The van der Waals surface area contributed by atoms with Crippen LogP contribution >= 0.6 is 11.6 Å². The van der Waals surface area contributed by atoms with Gasteiger partial charge in [0.2, 0.25) is 0 Å². The largest absolute Gasteiger partial charge is 0.508 e. The van der Waals surface area contributed by atoms with Gasteiger partial charge in [-0.2, -0.15) is 0 Å². The van der Waals surface area contributed by atoms with Crippen molar-refractivity contribution < 1.29 is 9.84 Å². The van der Waals surface area contributed by atoms with E-state index in [1.165, 1.54) is 0 Å². The smallest absolute Gasteiger partial charge is 0.132 e. The lowest BCUT2D eigenvalue weighted by atomic mass is 10.2. The van der Waals surface area contributed by atoms with Gasteiger partial charge in [0.05, 0.1) is 19.0 Å². The quantitative estimate of drug-likeness (QED) is 0.842. The molecule has 5 heteroatoms. The third-order valence-electron chi connectivity index (χ3n) is 2.78. The van der Waals surface area contributed by atoms with Crippen LogP contribution in [0.15, 0.2) is 30.5 Å².